The van der Waals surface area contributed by atoms with Gasteiger partial charge < -0.3 is 25.2 Å². The maximum Gasteiger partial charge on any atom is 0.224 e. The Labute approximate surface area is 310 Å². The normalized spacial score (nSPS) is 18.7. The summed E-state index contributed by atoms with van der Waals surface area (Å²) in [4.78, 5) is 25.4. The second kappa shape index (κ2) is 22.7. The van der Waals surface area contributed by atoms with Gasteiger partial charge in [0.2, 0.25) is 11.8 Å². The van der Waals surface area contributed by atoms with Crippen LogP contribution >= 0.6 is 11.8 Å². The van der Waals surface area contributed by atoms with Crippen LogP contribution in [0, 0.1) is 5.92 Å². The summed E-state index contributed by atoms with van der Waals surface area (Å²) in [6.07, 6.45) is 16.2. The predicted molar refractivity (Wildman–Crippen MR) is 210 cm³/mol. The van der Waals surface area contributed by atoms with Gasteiger partial charge >= 0.3 is 0 Å². The SMILES string of the molecule is CCCCCCCCCCCCCCCC(=O)Nc1cccc(C2O[C@H](CSc3ccc(NC(C)=O)cc3)[C@H](C)[C@H](c3ccc(CO)cc3)O2)c1. The lowest BCUT2D eigenvalue weighted by atomic mass is 9.91. The van der Waals surface area contributed by atoms with Crippen LogP contribution in [-0.2, 0) is 25.7 Å². The van der Waals surface area contributed by atoms with Crippen LogP contribution in [0.1, 0.15) is 140 Å². The number of aliphatic hydroxyl groups excluding tert-OH is 1. The van der Waals surface area contributed by atoms with Gasteiger partial charge in [0.25, 0.3) is 0 Å². The molecule has 51 heavy (non-hydrogen) atoms. The molecule has 3 aromatic rings. The van der Waals surface area contributed by atoms with Crippen LogP contribution in [0.15, 0.2) is 77.7 Å². The third kappa shape index (κ3) is 14.4. The minimum absolute atomic E-state index is 0.00897. The van der Waals surface area contributed by atoms with E-state index in [1.165, 1.54) is 77.6 Å². The van der Waals surface area contributed by atoms with Gasteiger partial charge in [0.15, 0.2) is 6.29 Å². The standard InChI is InChI=1S/C43H60N2O5S/c1-4-5-6-7-8-9-10-11-12-13-14-15-16-20-41(48)45-38-19-17-18-36(29-38)43-49-40(31-51-39-27-25-37(26-28-39)44-33(3)47)32(2)42(50-43)35-23-21-34(30-46)22-24-35/h17-19,21-29,32,40,42-43,46H,4-16,20,30-31H2,1-3H3,(H,44,47)(H,45,48)/t32-,40+,42+,43?/m0/s1. The van der Waals surface area contributed by atoms with Crippen molar-refractivity contribution in [2.45, 2.75) is 141 Å². The molecule has 1 aliphatic heterocycles. The van der Waals surface area contributed by atoms with Crippen LogP contribution in [-0.4, -0.2) is 28.8 Å². The minimum atomic E-state index is -0.616. The highest BCUT2D eigenvalue weighted by Crippen LogP contribution is 2.43. The van der Waals surface area contributed by atoms with Gasteiger partial charge in [0, 0.05) is 46.8 Å². The molecular formula is C43H60N2O5S. The molecule has 3 N–H and O–H groups in total. The number of hydrogen-bond donors (Lipinski definition) is 3. The molecule has 0 bridgehead atoms. The van der Waals surface area contributed by atoms with Crippen LogP contribution in [0.3, 0.4) is 0 Å². The van der Waals surface area contributed by atoms with Crippen LogP contribution in [0.4, 0.5) is 11.4 Å². The summed E-state index contributed by atoms with van der Waals surface area (Å²) in [5.74, 6) is 0.703. The Bertz CT molecular complexity index is 1450. The van der Waals surface area contributed by atoms with E-state index in [2.05, 4.69) is 24.5 Å². The third-order valence-corrected chi connectivity index (χ3v) is 10.8. The maximum atomic E-state index is 12.9. The van der Waals surface area contributed by atoms with Crippen LogP contribution in [0.25, 0.3) is 0 Å². The fourth-order valence-electron chi connectivity index (χ4n) is 6.62. The van der Waals surface area contributed by atoms with Crippen LogP contribution in [0.5, 0.6) is 0 Å². The van der Waals surface area contributed by atoms with Crippen molar-refractivity contribution in [1.82, 2.24) is 0 Å². The van der Waals surface area contributed by atoms with Gasteiger partial charge in [-0.05, 0) is 53.9 Å². The second-order valence-electron chi connectivity index (χ2n) is 14.0. The molecule has 0 aromatic heterocycles. The first-order valence-corrected chi connectivity index (χ1v) is 20.3. The van der Waals surface area contributed by atoms with Gasteiger partial charge in [0.05, 0.1) is 18.8 Å². The zero-order valence-corrected chi connectivity index (χ0v) is 31.9. The first kappa shape index (κ1) is 40.6. The molecule has 1 fully saturated rings. The molecule has 1 saturated heterocycles. The average Bonchev–Trinajstić information content (AvgIpc) is 3.13. The number of carbonyl (C=O) groups excluding carboxylic acids is 2. The molecule has 4 atom stereocenters. The number of benzene rings is 3. The van der Waals surface area contributed by atoms with E-state index in [1.807, 2.05) is 72.8 Å². The minimum Gasteiger partial charge on any atom is -0.392 e. The Morgan fingerprint density at radius 1 is 0.725 bits per heavy atom. The molecule has 1 aliphatic rings. The number of unbranched alkanes of at least 4 members (excludes halogenated alkanes) is 12. The van der Waals surface area contributed by atoms with Crippen molar-refractivity contribution < 1.29 is 24.2 Å². The van der Waals surface area contributed by atoms with Crippen molar-refractivity contribution in [1.29, 1.82) is 0 Å². The molecule has 2 amide bonds. The first-order valence-electron chi connectivity index (χ1n) is 19.3. The lowest BCUT2D eigenvalue weighted by molar-refractivity contribution is -0.268. The summed E-state index contributed by atoms with van der Waals surface area (Å²) >= 11 is 1.71. The molecule has 278 valence electrons. The lowest BCUT2D eigenvalue weighted by Gasteiger charge is -2.41. The van der Waals surface area contributed by atoms with Gasteiger partial charge in [0.1, 0.15) is 0 Å². The molecular weight excluding hydrogens is 657 g/mol. The third-order valence-electron chi connectivity index (χ3n) is 9.66. The van der Waals surface area contributed by atoms with E-state index in [0.29, 0.717) is 12.2 Å². The quantitative estimate of drug-likeness (QED) is 0.0707. The largest absolute Gasteiger partial charge is 0.392 e. The van der Waals surface area contributed by atoms with Gasteiger partial charge in [-0.3, -0.25) is 9.59 Å². The summed E-state index contributed by atoms with van der Waals surface area (Å²) in [6.45, 7) is 5.91. The molecule has 0 aliphatic carbocycles. The summed E-state index contributed by atoms with van der Waals surface area (Å²) in [5.41, 5.74) is 4.25. The van der Waals surface area contributed by atoms with Gasteiger partial charge in [-0.25, -0.2) is 0 Å². The van der Waals surface area contributed by atoms with Crippen molar-refractivity contribution in [3.8, 4) is 0 Å². The Morgan fingerprint density at radius 3 is 1.96 bits per heavy atom. The Kier molecular flexibility index (Phi) is 18.1. The number of rotatable bonds is 22. The van der Waals surface area contributed by atoms with E-state index >= 15 is 0 Å². The van der Waals surface area contributed by atoms with Gasteiger partial charge in [-0.2, -0.15) is 0 Å². The molecule has 0 radical (unpaired) electrons. The molecule has 3 aromatic carbocycles. The molecule has 0 spiro atoms. The Morgan fingerprint density at radius 2 is 1.35 bits per heavy atom. The molecule has 0 saturated carbocycles. The zero-order valence-electron chi connectivity index (χ0n) is 31.0. The molecule has 1 unspecified atom stereocenters. The van der Waals surface area contributed by atoms with Crippen molar-refractivity contribution >= 4 is 35.0 Å². The highest BCUT2D eigenvalue weighted by atomic mass is 32.2. The van der Waals surface area contributed by atoms with E-state index in [-0.39, 0.29) is 36.5 Å². The van der Waals surface area contributed by atoms with E-state index in [9.17, 15) is 14.7 Å². The molecule has 7 nitrogen and oxygen atoms in total. The number of ether oxygens (including phenoxy) is 2. The van der Waals surface area contributed by atoms with Gasteiger partial charge in [-0.15, -0.1) is 11.8 Å². The fraction of sp³-hybridized carbons (Fsp3) is 0.535. The Balaban J connectivity index is 1.28. The van der Waals surface area contributed by atoms with Crippen molar-refractivity contribution in [3.63, 3.8) is 0 Å². The van der Waals surface area contributed by atoms with E-state index in [0.717, 1.165) is 45.8 Å². The van der Waals surface area contributed by atoms with E-state index in [4.69, 9.17) is 9.47 Å². The summed E-state index contributed by atoms with van der Waals surface area (Å²) < 4.78 is 13.3. The lowest BCUT2D eigenvalue weighted by Crippen LogP contribution is -2.38. The number of anilines is 2. The molecule has 8 heteroatoms. The van der Waals surface area contributed by atoms with Crippen molar-refractivity contribution in [2.24, 2.45) is 5.92 Å². The smallest absolute Gasteiger partial charge is 0.224 e. The number of thioether (sulfide) groups is 1. The topological polar surface area (TPSA) is 96.9 Å². The summed E-state index contributed by atoms with van der Waals surface area (Å²) in [5, 5.41) is 15.5. The van der Waals surface area contributed by atoms with Crippen molar-refractivity contribution in [3.05, 3.63) is 89.5 Å². The van der Waals surface area contributed by atoms with E-state index in [1.54, 1.807) is 11.8 Å². The number of hydrogen-bond acceptors (Lipinski definition) is 6. The number of aliphatic hydroxyl groups is 1. The van der Waals surface area contributed by atoms with E-state index < -0.39 is 6.29 Å². The first-order chi connectivity index (χ1) is 24.9. The summed E-state index contributed by atoms with van der Waals surface area (Å²) in [7, 11) is 0. The Hall–Kier alpha value is -3.17. The number of nitrogens with one attached hydrogen (secondary N) is 2. The zero-order chi connectivity index (χ0) is 36.3. The predicted octanol–water partition coefficient (Wildman–Crippen LogP) is 11.1. The molecule has 1 heterocycles. The number of amides is 2. The number of carbonyl (C=O) groups is 2. The maximum absolute atomic E-state index is 12.9. The fourth-order valence-corrected chi connectivity index (χ4v) is 7.68. The van der Waals surface area contributed by atoms with Crippen LogP contribution < -0.4 is 10.6 Å². The molecule has 4 rings (SSSR count). The second-order valence-corrected chi connectivity index (χ2v) is 15.1. The summed E-state index contributed by atoms with van der Waals surface area (Å²) in [6, 6.07) is 23.5. The van der Waals surface area contributed by atoms with Gasteiger partial charge in [-0.1, -0.05) is 127 Å². The average molecular weight is 717 g/mol. The highest BCUT2D eigenvalue weighted by Gasteiger charge is 2.38. The highest BCUT2D eigenvalue weighted by molar-refractivity contribution is 7.99. The monoisotopic (exact) mass is 716 g/mol. The van der Waals surface area contributed by atoms with Crippen LogP contribution in [0.2, 0.25) is 0 Å². The van der Waals surface area contributed by atoms with Crippen molar-refractivity contribution in [2.75, 3.05) is 16.4 Å².